The van der Waals surface area contributed by atoms with E-state index in [1.807, 2.05) is 6.08 Å². The van der Waals surface area contributed by atoms with Crippen LogP contribution in [0.4, 0.5) is 0 Å². The van der Waals surface area contributed by atoms with Gasteiger partial charge in [-0.3, -0.25) is 4.90 Å². The van der Waals surface area contributed by atoms with Gasteiger partial charge in [0.15, 0.2) is 11.5 Å². The van der Waals surface area contributed by atoms with Gasteiger partial charge in [0.05, 0.1) is 0 Å². The lowest BCUT2D eigenvalue weighted by Crippen LogP contribution is -2.65. The van der Waals surface area contributed by atoms with Crippen molar-refractivity contribution >= 4 is 0 Å². The molecule has 2 bridgehead atoms. The van der Waals surface area contributed by atoms with Crippen molar-refractivity contribution in [3.05, 3.63) is 47.1 Å². The molecule has 24 heavy (non-hydrogen) atoms. The molecule has 4 heteroatoms. The van der Waals surface area contributed by atoms with Crippen molar-refractivity contribution < 1.29 is 14.9 Å². The summed E-state index contributed by atoms with van der Waals surface area (Å²) in [6.07, 6.45) is 8.75. The summed E-state index contributed by atoms with van der Waals surface area (Å²) in [5, 5.41) is 20.9. The summed E-state index contributed by atoms with van der Waals surface area (Å²) < 4.78 is 6.17. The molecule has 1 aromatic carbocycles. The van der Waals surface area contributed by atoms with Crippen LogP contribution in [0.5, 0.6) is 11.5 Å². The summed E-state index contributed by atoms with van der Waals surface area (Å²) >= 11 is 0. The van der Waals surface area contributed by atoms with Gasteiger partial charge in [-0.25, -0.2) is 0 Å². The van der Waals surface area contributed by atoms with Crippen molar-refractivity contribution in [2.45, 2.75) is 42.9 Å². The number of benzene rings is 1. The summed E-state index contributed by atoms with van der Waals surface area (Å²) in [4.78, 5) is 2.63. The summed E-state index contributed by atoms with van der Waals surface area (Å²) in [7, 11) is 0. The Labute approximate surface area is 141 Å². The number of phenols is 1. The fraction of sp³-hybridized carbons (Fsp3) is 0.500. The van der Waals surface area contributed by atoms with Gasteiger partial charge in [0, 0.05) is 29.5 Å². The van der Waals surface area contributed by atoms with Crippen LogP contribution in [0.1, 0.15) is 24.0 Å². The van der Waals surface area contributed by atoms with E-state index < -0.39 is 6.10 Å². The highest BCUT2D eigenvalue weighted by Gasteiger charge is 2.64. The Morgan fingerprint density at radius 2 is 2.17 bits per heavy atom. The van der Waals surface area contributed by atoms with Gasteiger partial charge in [-0.15, -0.1) is 0 Å². The second-order valence-corrected chi connectivity index (χ2v) is 7.99. The predicted molar refractivity (Wildman–Crippen MR) is 89.2 cm³/mol. The van der Waals surface area contributed by atoms with E-state index in [-0.39, 0.29) is 17.3 Å². The van der Waals surface area contributed by atoms with Gasteiger partial charge in [-0.2, -0.15) is 0 Å². The van der Waals surface area contributed by atoms with E-state index in [1.54, 1.807) is 11.6 Å². The summed E-state index contributed by atoms with van der Waals surface area (Å²) in [6.45, 7) is 2.12. The molecule has 1 fully saturated rings. The standard InChI is InChI=1S/C20H21NO3/c22-15-5-3-12-9-14-13-4-6-16(23)19-20(13,17(12)18(15)24-19)7-8-21(14)10-11-1-2-11/h1,3-6,13-14,16,19,22-23H,2,7-10H2. The number of likely N-dealkylation sites (tertiary alicyclic amines) is 1. The van der Waals surface area contributed by atoms with Crippen LogP contribution in [0, 0.1) is 5.92 Å². The van der Waals surface area contributed by atoms with Crippen molar-refractivity contribution in [1.29, 1.82) is 0 Å². The molecule has 2 aliphatic heterocycles. The smallest absolute Gasteiger partial charge is 0.165 e. The molecule has 5 atom stereocenters. The highest BCUT2D eigenvalue weighted by Crippen LogP contribution is 2.62. The lowest BCUT2D eigenvalue weighted by atomic mass is 9.53. The lowest BCUT2D eigenvalue weighted by molar-refractivity contribution is -0.0492. The zero-order valence-electron chi connectivity index (χ0n) is 13.5. The van der Waals surface area contributed by atoms with Gasteiger partial charge < -0.3 is 14.9 Å². The molecule has 0 aromatic heterocycles. The van der Waals surface area contributed by atoms with Crippen LogP contribution in [0.2, 0.25) is 0 Å². The first kappa shape index (κ1) is 13.5. The Kier molecular flexibility index (Phi) is 2.39. The molecule has 0 amide bonds. The number of rotatable bonds is 2. The molecular formula is C20H21NO3. The zero-order valence-corrected chi connectivity index (χ0v) is 13.5. The molecule has 6 rings (SSSR count). The topological polar surface area (TPSA) is 52.9 Å². The van der Waals surface area contributed by atoms with Crippen molar-refractivity contribution in [3.8, 4) is 11.5 Å². The summed E-state index contributed by atoms with van der Waals surface area (Å²) in [5.74, 6) is 1.20. The lowest BCUT2D eigenvalue weighted by Gasteiger charge is -2.57. The van der Waals surface area contributed by atoms with E-state index in [0.29, 0.717) is 17.7 Å². The minimum absolute atomic E-state index is 0.172. The van der Waals surface area contributed by atoms with Crippen LogP contribution in [-0.4, -0.2) is 46.5 Å². The van der Waals surface area contributed by atoms with Crippen LogP contribution in [-0.2, 0) is 11.8 Å². The Morgan fingerprint density at radius 1 is 1.29 bits per heavy atom. The number of hydrogen-bond donors (Lipinski definition) is 2. The van der Waals surface area contributed by atoms with Gasteiger partial charge in [0.1, 0.15) is 12.2 Å². The molecule has 0 radical (unpaired) electrons. The molecule has 5 aliphatic rings. The molecule has 1 aromatic rings. The van der Waals surface area contributed by atoms with Crippen LogP contribution < -0.4 is 4.74 Å². The highest BCUT2D eigenvalue weighted by atomic mass is 16.5. The fourth-order valence-electron chi connectivity index (χ4n) is 5.79. The SMILES string of the molecule is Oc1ccc2c3c1OC1C(O)C=CC4C(C2)N(CC2=CC2)CCC341. The summed E-state index contributed by atoms with van der Waals surface area (Å²) in [6, 6.07) is 4.28. The maximum Gasteiger partial charge on any atom is 0.165 e. The first-order valence-electron chi connectivity index (χ1n) is 8.99. The number of ether oxygens (including phenoxy) is 1. The maximum atomic E-state index is 10.6. The van der Waals surface area contributed by atoms with E-state index in [0.717, 1.165) is 25.9 Å². The van der Waals surface area contributed by atoms with Gasteiger partial charge in [0.2, 0.25) is 0 Å². The molecule has 1 spiro atoms. The third-order valence-electron chi connectivity index (χ3n) is 6.89. The molecule has 4 nitrogen and oxygen atoms in total. The van der Waals surface area contributed by atoms with Crippen molar-refractivity contribution in [2.24, 2.45) is 5.92 Å². The molecule has 1 saturated heterocycles. The zero-order chi connectivity index (χ0) is 16.1. The fourth-order valence-corrected chi connectivity index (χ4v) is 5.79. The predicted octanol–water partition coefficient (Wildman–Crippen LogP) is 1.90. The first-order valence-corrected chi connectivity index (χ1v) is 8.99. The second kappa shape index (κ2) is 4.24. The Morgan fingerprint density at radius 3 is 3.00 bits per heavy atom. The van der Waals surface area contributed by atoms with Gasteiger partial charge >= 0.3 is 0 Å². The number of nitrogens with zero attached hydrogens (tertiary/aromatic N) is 1. The van der Waals surface area contributed by atoms with E-state index in [4.69, 9.17) is 4.74 Å². The third kappa shape index (κ3) is 1.47. The number of aromatic hydroxyl groups is 1. The van der Waals surface area contributed by atoms with E-state index in [1.165, 1.54) is 17.5 Å². The maximum absolute atomic E-state index is 10.6. The van der Waals surface area contributed by atoms with Crippen molar-refractivity contribution in [3.63, 3.8) is 0 Å². The quantitative estimate of drug-likeness (QED) is 0.816. The van der Waals surface area contributed by atoms with Crippen molar-refractivity contribution in [2.75, 3.05) is 13.1 Å². The number of aliphatic hydroxyl groups excluding tert-OH is 1. The molecule has 5 unspecified atom stereocenters. The summed E-state index contributed by atoms with van der Waals surface area (Å²) in [5.41, 5.74) is 3.86. The van der Waals surface area contributed by atoms with E-state index in [2.05, 4.69) is 23.1 Å². The number of hydrogen-bond acceptors (Lipinski definition) is 4. The average Bonchev–Trinajstić information content (AvgIpc) is 3.32. The van der Waals surface area contributed by atoms with E-state index in [9.17, 15) is 10.2 Å². The average molecular weight is 323 g/mol. The van der Waals surface area contributed by atoms with Crippen LogP contribution in [0.25, 0.3) is 0 Å². The minimum atomic E-state index is -0.600. The van der Waals surface area contributed by atoms with Gasteiger partial charge in [-0.1, -0.05) is 29.9 Å². The van der Waals surface area contributed by atoms with Crippen molar-refractivity contribution in [1.82, 2.24) is 4.90 Å². The third-order valence-corrected chi connectivity index (χ3v) is 6.89. The normalized spacial score (nSPS) is 40.8. The Balaban J connectivity index is 1.56. The van der Waals surface area contributed by atoms with E-state index >= 15 is 0 Å². The van der Waals surface area contributed by atoms with Crippen LogP contribution in [0.3, 0.4) is 0 Å². The largest absolute Gasteiger partial charge is 0.504 e. The van der Waals surface area contributed by atoms with Gasteiger partial charge in [-0.05, 0) is 37.4 Å². The number of aliphatic hydroxyl groups is 1. The second-order valence-electron chi connectivity index (χ2n) is 7.99. The highest BCUT2D eigenvalue weighted by molar-refractivity contribution is 5.61. The molecular weight excluding hydrogens is 302 g/mol. The Bertz CT molecular complexity index is 813. The van der Waals surface area contributed by atoms with Crippen LogP contribution >= 0.6 is 0 Å². The number of phenolic OH excluding ortho intramolecular Hbond substituents is 1. The number of allylic oxidation sites excluding steroid dienone is 1. The monoisotopic (exact) mass is 323 g/mol. The molecule has 2 heterocycles. The number of piperidine rings is 1. The Hall–Kier alpha value is -1.78. The molecule has 2 N–H and O–H groups in total. The van der Waals surface area contributed by atoms with Crippen LogP contribution in [0.15, 0.2) is 35.9 Å². The minimum Gasteiger partial charge on any atom is -0.504 e. The molecule has 3 aliphatic carbocycles. The van der Waals surface area contributed by atoms with Gasteiger partial charge in [0.25, 0.3) is 0 Å². The molecule has 124 valence electrons. The molecule has 0 saturated carbocycles. The first-order chi connectivity index (χ1) is 11.7.